The van der Waals surface area contributed by atoms with Crippen molar-refractivity contribution in [1.29, 1.82) is 0 Å². The monoisotopic (exact) mass is 364 g/mol. The summed E-state index contributed by atoms with van der Waals surface area (Å²) in [6.07, 6.45) is -3.77. The van der Waals surface area contributed by atoms with Gasteiger partial charge in [0.1, 0.15) is 6.61 Å². The minimum absolute atomic E-state index is 0.0735. The van der Waals surface area contributed by atoms with E-state index in [0.717, 1.165) is 0 Å². The zero-order valence-electron chi connectivity index (χ0n) is 14.7. The van der Waals surface area contributed by atoms with Crippen LogP contribution in [0.2, 0.25) is 0 Å². The Labute approximate surface area is 144 Å². The van der Waals surface area contributed by atoms with E-state index in [1.165, 1.54) is 6.07 Å². The lowest BCUT2D eigenvalue weighted by atomic mass is 9.88. The molecule has 142 valence electrons. The van der Waals surface area contributed by atoms with E-state index >= 15 is 0 Å². The summed E-state index contributed by atoms with van der Waals surface area (Å²) in [7, 11) is 0. The van der Waals surface area contributed by atoms with Gasteiger partial charge in [-0.3, -0.25) is 0 Å². The number of ether oxygens (including phenoxy) is 1. The van der Waals surface area contributed by atoms with E-state index in [9.17, 15) is 22.4 Å². The number of alkyl halides is 4. The molecule has 0 spiro atoms. The zero-order valence-corrected chi connectivity index (χ0v) is 14.7. The van der Waals surface area contributed by atoms with Gasteiger partial charge < -0.3 is 15.4 Å². The number of halogens is 4. The van der Waals surface area contributed by atoms with E-state index in [-0.39, 0.29) is 18.1 Å². The Morgan fingerprint density at radius 1 is 1.24 bits per heavy atom. The van der Waals surface area contributed by atoms with Crippen LogP contribution in [0.1, 0.15) is 33.3 Å². The highest BCUT2D eigenvalue weighted by atomic mass is 19.3. The molecular formula is C17H24F4N2O2. The van der Waals surface area contributed by atoms with Gasteiger partial charge in [-0.1, -0.05) is 32.9 Å². The van der Waals surface area contributed by atoms with Gasteiger partial charge in [0, 0.05) is 11.7 Å². The molecule has 0 aliphatic heterocycles. The average molecular weight is 364 g/mol. The van der Waals surface area contributed by atoms with Crippen molar-refractivity contribution >= 4 is 11.7 Å². The van der Waals surface area contributed by atoms with Gasteiger partial charge in [-0.2, -0.15) is 8.78 Å². The zero-order chi connectivity index (χ0) is 19.3. The van der Waals surface area contributed by atoms with Crippen LogP contribution in [-0.2, 0) is 11.3 Å². The van der Waals surface area contributed by atoms with Crippen molar-refractivity contribution in [2.45, 2.75) is 52.7 Å². The van der Waals surface area contributed by atoms with Crippen molar-refractivity contribution in [2.75, 3.05) is 11.9 Å². The lowest BCUT2D eigenvalue weighted by Gasteiger charge is -2.28. The highest BCUT2D eigenvalue weighted by Crippen LogP contribution is 2.23. The van der Waals surface area contributed by atoms with E-state index in [4.69, 9.17) is 0 Å². The van der Waals surface area contributed by atoms with Crippen LogP contribution in [0.5, 0.6) is 0 Å². The topological polar surface area (TPSA) is 50.4 Å². The van der Waals surface area contributed by atoms with E-state index in [1.807, 2.05) is 27.7 Å². The quantitative estimate of drug-likeness (QED) is 0.692. The Morgan fingerprint density at radius 3 is 2.44 bits per heavy atom. The third-order valence-electron chi connectivity index (χ3n) is 3.71. The molecule has 25 heavy (non-hydrogen) atoms. The van der Waals surface area contributed by atoms with Gasteiger partial charge in [-0.25, -0.2) is 13.6 Å². The van der Waals surface area contributed by atoms with E-state index < -0.39 is 25.0 Å². The predicted octanol–water partition coefficient (Wildman–Crippen LogP) is 4.66. The number of urea groups is 1. The van der Waals surface area contributed by atoms with Gasteiger partial charge in [0.25, 0.3) is 0 Å². The summed E-state index contributed by atoms with van der Waals surface area (Å²) in [6.45, 7) is 6.22. The van der Waals surface area contributed by atoms with Gasteiger partial charge in [-0.05, 0) is 30.0 Å². The molecule has 0 aliphatic carbocycles. The molecule has 1 unspecified atom stereocenters. The third-order valence-corrected chi connectivity index (χ3v) is 3.71. The second-order valence-electron chi connectivity index (χ2n) is 6.94. The molecule has 0 saturated carbocycles. The second-order valence-corrected chi connectivity index (χ2v) is 6.94. The first-order valence-corrected chi connectivity index (χ1v) is 7.82. The number of anilines is 1. The van der Waals surface area contributed by atoms with Gasteiger partial charge in [0.2, 0.25) is 0 Å². The first-order chi connectivity index (χ1) is 11.4. The summed E-state index contributed by atoms with van der Waals surface area (Å²) >= 11 is 0. The first kappa shape index (κ1) is 21.2. The van der Waals surface area contributed by atoms with Crippen molar-refractivity contribution in [3.8, 4) is 0 Å². The average Bonchev–Trinajstić information content (AvgIpc) is 2.46. The van der Waals surface area contributed by atoms with Crippen molar-refractivity contribution in [3.05, 3.63) is 29.8 Å². The molecule has 2 amide bonds. The molecular weight excluding hydrogens is 340 g/mol. The Hall–Kier alpha value is -1.83. The van der Waals surface area contributed by atoms with E-state index in [1.54, 1.807) is 18.2 Å². The minimum Gasteiger partial charge on any atom is -0.370 e. The van der Waals surface area contributed by atoms with Crippen LogP contribution in [-0.4, -0.2) is 31.0 Å². The number of hydrogen-bond acceptors (Lipinski definition) is 2. The maximum absolute atomic E-state index is 12.8. The summed E-state index contributed by atoms with van der Waals surface area (Å²) in [6, 6.07) is 5.87. The number of carbonyl (C=O) groups is 1. The Balaban J connectivity index is 2.56. The van der Waals surface area contributed by atoms with Crippen molar-refractivity contribution in [1.82, 2.24) is 5.32 Å². The molecule has 0 aromatic heterocycles. The fourth-order valence-corrected chi connectivity index (χ4v) is 1.69. The van der Waals surface area contributed by atoms with Crippen molar-refractivity contribution in [3.63, 3.8) is 0 Å². The number of rotatable bonds is 7. The molecule has 0 fully saturated rings. The lowest BCUT2D eigenvalue weighted by Crippen LogP contribution is -2.43. The fraction of sp³-hybridized carbons (Fsp3) is 0.588. The van der Waals surface area contributed by atoms with Crippen LogP contribution in [0.15, 0.2) is 24.3 Å². The normalized spacial score (nSPS) is 13.6. The molecule has 0 bridgehead atoms. The molecule has 8 heteroatoms. The molecule has 0 radical (unpaired) electrons. The standard InChI is InChI=1S/C17H24F4N2O2/c1-11(16(2,3)4)22-15(24)23-13-7-5-6-12(8-13)9-25-10-17(20,21)14(18)19/h5-8,11,14H,9-10H2,1-4H3,(H2,22,23,24). The summed E-state index contributed by atoms with van der Waals surface area (Å²) in [4.78, 5) is 12.0. The molecule has 1 atom stereocenters. The van der Waals surface area contributed by atoms with Crippen LogP contribution >= 0.6 is 0 Å². The highest BCUT2D eigenvalue weighted by Gasteiger charge is 2.40. The van der Waals surface area contributed by atoms with E-state index in [2.05, 4.69) is 15.4 Å². The highest BCUT2D eigenvalue weighted by molar-refractivity contribution is 5.89. The smallest absolute Gasteiger partial charge is 0.330 e. The molecule has 1 rings (SSSR count). The fourth-order valence-electron chi connectivity index (χ4n) is 1.69. The van der Waals surface area contributed by atoms with Gasteiger partial charge in [0.15, 0.2) is 0 Å². The molecule has 1 aromatic rings. The minimum atomic E-state index is -4.18. The van der Waals surface area contributed by atoms with Gasteiger partial charge in [0.05, 0.1) is 6.61 Å². The number of carbonyl (C=O) groups excluding carboxylic acids is 1. The number of nitrogens with one attached hydrogen (secondary N) is 2. The van der Waals surface area contributed by atoms with Crippen molar-refractivity contribution in [2.24, 2.45) is 5.41 Å². The molecule has 0 aliphatic rings. The summed E-state index contributed by atoms with van der Waals surface area (Å²) in [5, 5.41) is 5.44. The Kier molecular flexibility index (Phi) is 7.22. The molecule has 4 nitrogen and oxygen atoms in total. The maximum atomic E-state index is 12.8. The first-order valence-electron chi connectivity index (χ1n) is 7.82. The van der Waals surface area contributed by atoms with Gasteiger partial charge in [-0.15, -0.1) is 0 Å². The Bertz CT molecular complexity index is 574. The van der Waals surface area contributed by atoms with Crippen LogP contribution in [0.3, 0.4) is 0 Å². The van der Waals surface area contributed by atoms with Gasteiger partial charge >= 0.3 is 18.4 Å². The summed E-state index contributed by atoms with van der Waals surface area (Å²) in [5.41, 5.74) is 0.815. The SMILES string of the molecule is CC(NC(=O)Nc1cccc(COCC(F)(F)C(F)F)c1)C(C)(C)C. The van der Waals surface area contributed by atoms with Crippen LogP contribution < -0.4 is 10.6 Å². The van der Waals surface area contributed by atoms with Crippen LogP contribution in [0, 0.1) is 5.41 Å². The predicted molar refractivity (Wildman–Crippen MR) is 88.1 cm³/mol. The molecule has 0 heterocycles. The summed E-state index contributed by atoms with van der Waals surface area (Å²) < 4.78 is 54.3. The van der Waals surface area contributed by atoms with Crippen LogP contribution in [0.25, 0.3) is 0 Å². The van der Waals surface area contributed by atoms with Crippen LogP contribution in [0.4, 0.5) is 28.0 Å². The largest absolute Gasteiger partial charge is 0.370 e. The number of amides is 2. The van der Waals surface area contributed by atoms with E-state index in [0.29, 0.717) is 11.3 Å². The molecule has 0 saturated heterocycles. The third kappa shape index (κ3) is 7.29. The lowest BCUT2D eigenvalue weighted by molar-refractivity contribution is -0.168. The number of hydrogen-bond donors (Lipinski definition) is 2. The maximum Gasteiger partial charge on any atom is 0.330 e. The molecule has 1 aromatic carbocycles. The number of benzene rings is 1. The Morgan fingerprint density at radius 2 is 1.88 bits per heavy atom. The molecule has 2 N–H and O–H groups in total. The second kappa shape index (κ2) is 8.51. The summed E-state index contributed by atoms with van der Waals surface area (Å²) in [5.74, 6) is -4.18. The van der Waals surface area contributed by atoms with Crippen molar-refractivity contribution < 1.29 is 27.1 Å².